The number of oxime groups is 1. The van der Waals surface area contributed by atoms with E-state index in [1.165, 1.54) is 6.42 Å². The lowest BCUT2D eigenvalue weighted by molar-refractivity contribution is 0.190. The Morgan fingerprint density at radius 2 is 2.00 bits per heavy atom. The van der Waals surface area contributed by atoms with E-state index in [0.29, 0.717) is 18.3 Å². The fourth-order valence-electron chi connectivity index (χ4n) is 3.16. The number of benzene rings is 1. The van der Waals surface area contributed by atoms with Crippen molar-refractivity contribution in [1.82, 2.24) is 5.32 Å². The third kappa shape index (κ3) is 4.44. The maximum absolute atomic E-state index is 9.40. The summed E-state index contributed by atoms with van der Waals surface area (Å²) in [5.74, 6) is 1.13. The molecule has 0 saturated heterocycles. The molecule has 2 rings (SSSR count). The number of nitrogens with two attached hydrogens (primary N) is 1. The second-order valence-electron chi connectivity index (χ2n) is 5.80. The molecule has 0 amide bonds. The third-order valence-corrected chi connectivity index (χ3v) is 4.42. The zero-order chi connectivity index (χ0) is 15.1. The molecule has 1 aliphatic rings. The predicted octanol–water partition coefficient (Wildman–Crippen LogP) is 1.86. The van der Waals surface area contributed by atoms with Crippen LogP contribution >= 0.6 is 0 Å². The number of nitrogens with zero attached hydrogens (tertiary/aromatic N) is 1. The van der Waals surface area contributed by atoms with Gasteiger partial charge in [-0.05, 0) is 36.8 Å². The van der Waals surface area contributed by atoms with E-state index in [2.05, 4.69) is 10.5 Å². The number of aliphatic hydroxyl groups excluding tert-OH is 1. The maximum Gasteiger partial charge on any atom is 0.141 e. The van der Waals surface area contributed by atoms with Crippen LogP contribution in [0.5, 0.6) is 0 Å². The number of hydrogen-bond acceptors (Lipinski definition) is 4. The molecule has 1 saturated carbocycles. The van der Waals surface area contributed by atoms with Gasteiger partial charge in [0, 0.05) is 19.1 Å². The van der Waals surface area contributed by atoms with Crippen LogP contribution in [0.2, 0.25) is 0 Å². The zero-order valence-corrected chi connectivity index (χ0v) is 12.3. The molecule has 1 fully saturated rings. The average Bonchev–Trinajstić information content (AvgIpc) is 2.99. The lowest BCUT2D eigenvalue weighted by atomic mass is 9.95. The molecule has 0 heterocycles. The normalized spacial score (nSPS) is 24.1. The van der Waals surface area contributed by atoms with E-state index in [1.807, 2.05) is 30.3 Å². The van der Waals surface area contributed by atoms with Gasteiger partial charge in [-0.25, -0.2) is 0 Å². The van der Waals surface area contributed by atoms with Gasteiger partial charge in [0.1, 0.15) is 5.84 Å². The summed E-state index contributed by atoms with van der Waals surface area (Å²) in [7, 11) is 0. The highest BCUT2D eigenvalue weighted by Crippen LogP contribution is 2.31. The summed E-state index contributed by atoms with van der Waals surface area (Å²) in [6.07, 6.45) is 3.92. The Kier molecular flexibility index (Phi) is 6.02. The lowest BCUT2D eigenvalue weighted by Gasteiger charge is -2.23. The Morgan fingerprint density at radius 3 is 2.67 bits per heavy atom. The van der Waals surface area contributed by atoms with Crippen LogP contribution in [0.25, 0.3) is 0 Å². The molecule has 1 aliphatic carbocycles. The minimum atomic E-state index is 0.0297. The first-order valence-corrected chi connectivity index (χ1v) is 7.60. The number of nitrogens with one attached hydrogen (secondary N) is 1. The summed E-state index contributed by atoms with van der Waals surface area (Å²) >= 11 is 0. The second kappa shape index (κ2) is 8.00. The molecule has 21 heavy (non-hydrogen) atoms. The molecule has 0 aromatic heterocycles. The minimum Gasteiger partial charge on any atom is -0.409 e. The molecule has 116 valence electrons. The number of hydrogen-bond donors (Lipinski definition) is 4. The molecule has 5 N–H and O–H groups in total. The van der Waals surface area contributed by atoms with E-state index in [1.54, 1.807) is 0 Å². The smallest absolute Gasteiger partial charge is 0.141 e. The third-order valence-electron chi connectivity index (χ3n) is 4.42. The van der Waals surface area contributed by atoms with E-state index in [-0.39, 0.29) is 18.5 Å². The Hall–Kier alpha value is -1.59. The van der Waals surface area contributed by atoms with Gasteiger partial charge >= 0.3 is 0 Å². The SMILES string of the molecule is NC(CC(NCC1CCCC1CO)c1ccccc1)=NO. The predicted molar refractivity (Wildman–Crippen MR) is 83.1 cm³/mol. The Labute approximate surface area is 125 Å². The van der Waals surface area contributed by atoms with Gasteiger partial charge < -0.3 is 21.4 Å². The fourth-order valence-corrected chi connectivity index (χ4v) is 3.16. The van der Waals surface area contributed by atoms with Gasteiger partial charge in [0.15, 0.2) is 0 Å². The molecule has 0 radical (unpaired) electrons. The van der Waals surface area contributed by atoms with Crippen molar-refractivity contribution in [2.75, 3.05) is 13.2 Å². The van der Waals surface area contributed by atoms with Crippen LogP contribution < -0.4 is 11.1 Å². The van der Waals surface area contributed by atoms with E-state index in [0.717, 1.165) is 24.9 Å². The summed E-state index contributed by atoms with van der Waals surface area (Å²) in [6, 6.07) is 10.1. The van der Waals surface area contributed by atoms with E-state index >= 15 is 0 Å². The van der Waals surface area contributed by atoms with Crippen LogP contribution in [0.4, 0.5) is 0 Å². The van der Waals surface area contributed by atoms with Crippen LogP contribution in [-0.2, 0) is 0 Å². The summed E-state index contributed by atoms with van der Waals surface area (Å²) in [5.41, 5.74) is 6.80. The first-order chi connectivity index (χ1) is 10.2. The molecule has 0 bridgehead atoms. The molecule has 0 aliphatic heterocycles. The van der Waals surface area contributed by atoms with Crippen LogP contribution in [-0.4, -0.2) is 29.3 Å². The van der Waals surface area contributed by atoms with Gasteiger partial charge in [-0.1, -0.05) is 41.9 Å². The summed E-state index contributed by atoms with van der Waals surface area (Å²) in [6.45, 7) is 1.12. The highest BCUT2D eigenvalue weighted by atomic mass is 16.4. The van der Waals surface area contributed by atoms with Crippen molar-refractivity contribution < 1.29 is 10.3 Å². The van der Waals surface area contributed by atoms with Crippen molar-refractivity contribution in [2.45, 2.75) is 31.7 Å². The van der Waals surface area contributed by atoms with Gasteiger partial charge in [-0.2, -0.15) is 0 Å². The van der Waals surface area contributed by atoms with Crippen molar-refractivity contribution in [3.63, 3.8) is 0 Å². The van der Waals surface area contributed by atoms with E-state index in [4.69, 9.17) is 10.9 Å². The Bertz CT molecular complexity index is 450. The first-order valence-electron chi connectivity index (χ1n) is 7.60. The first kappa shape index (κ1) is 15.8. The van der Waals surface area contributed by atoms with Gasteiger partial charge in [0.2, 0.25) is 0 Å². The number of amidine groups is 1. The molecular weight excluding hydrogens is 266 g/mol. The quantitative estimate of drug-likeness (QED) is 0.267. The molecule has 3 unspecified atom stereocenters. The lowest BCUT2D eigenvalue weighted by Crippen LogP contribution is -2.32. The summed E-state index contributed by atoms with van der Waals surface area (Å²) in [5, 5.41) is 24.8. The summed E-state index contributed by atoms with van der Waals surface area (Å²) in [4.78, 5) is 0. The van der Waals surface area contributed by atoms with Crippen LogP contribution in [0.1, 0.15) is 37.3 Å². The van der Waals surface area contributed by atoms with Gasteiger partial charge in [-0.15, -0.1) is 0 Å². The Balaban J connectivity index is 1.99. The minimum absolute atomic E-state index is 0.0297. The van der Waals surface area contributed by atoms with Crippen molar-refractivity contribution >= 4 is 5.84 Å². The largest absolute Gasteiger partial charge is 0.409 e. The summed E-state index contributed by atoms with van der Waals surface area (Å²) < 4.78 is 0. The van der Waals surface area contributed by atoms with Crippen molar-refractivity contribution in [3.05, 3.63) is 35.9 Å². The topological polar surface area (TPSA) is 90.9 Å². The van der Waals surface area contributed by atoms with Crippen LogP contribution in [0.3, 0.4) is 0 Å². The molecule has 1 aromatic carbocycles. The zero-order valence-electron chi connectivity index (χ0n) is 12.3. The van der Waals surface area contributed by atoms with Crippen molar-refractivity contribution in [1.29, 1.82) is 0 Å². The van der Waals surface area contributed by atoms with Crippen LogP contribution in [0.15, 0.2) is 35.5 Å². The van der Waals surface area contributed by atoms with Gasteiger partial charge in [0.25, 0.3) is 0 Å². The molecule has 1 aromatic rings. The average molecular weight is 291 g/mol. The molecule has 5 heteroatoms. The van der Waals surface area contributed by atoms with Crippen LogP contribution in [0, 0.1) is 11.8 Å². The fraction of sp³-hybridized carbons (Fsp3) is 0.562. The molecule has 0 spiro atoms. The van der Waals surface area contributed by atoms with E-state index in [9.17, 15) is 5.11 Å². The standard InChI is InChI=1S/C16H25N3O2/c17-16(19-21)9-15(12-5-2-1-3-6-12)18-10-13-7-4-8-14(13)11-20/h1-3,5-6,13-15,18,20-21H,4,7-11H2,(H2,17,19). The molecular formula is C16H25N3O2. The number of aliphatic hydroxyl groups is 1. The van der Waals surface area contributed by atoms with Crippen molar-refractivity contribution in [3.8, 4) is 0 Å². The highest BCUT2D eigenvalue weighted by Gasteiger charge is 2.27. The maximum atomic E-state index is 9.40. The Morgan fingerprint density at radius 1 is 1.29 bits per heavy atom. The molecule has 5 nitrogen and oxygen atoms in total. The van der Waals surface area contributed by atoms with Crippen molar-refractivity contribution in [2.24, 2.45) is 22.7 Å². The van der Waals surface area contributed by atoms with Gasteiger partial charge in [-0.3, -0.25) is 0 Å². The van der Waals surface area contributed by atoms with E-state index < -0.39 is 0 Å². The number of rotatable bonds is 7. The van der Waals surface area contributed by atoms with Gasteiger partial charge in [0.05, 0.1) is 0 Å². The second-order valence-corrected chi connectivity index (χ2v) is 5.80. The molecule has 3 atom stereocenters. The monoisotopic (exact) mass is 291 g/mol. The highest BCUT2D eigenvalue weighted by molar-refractivity contribution is 5.80.